The lowest BCUT2D eigenvalue weighted by Crippen LogP contribution is -2.43. The molecule has 22 heavy (non-hydrogen) atoms. The molecule has 0 radical (unpaired) electrons. The number of likely N-dealkylation sites (tertiary alicyclic amines) is 1. The van der Waals surface area contributed by atoms with Crippen LogP contribution in [0.25, 0.3) is 0 Å². The van der Waals surface area contributed by atoms with Crippen LogP contribution in [0.4, 0.5) is 4.39 Å². The maximum absolute atomic E-state index is 13.2. The zero-order valence-electron chi connectivity index (χ0n) is 13.1. The third-order valence-corrected chi connectivity index (χ3v) is 3.91. The highest BCUT2D eigenvalue weighted by Gasteiger charge is 2.27. The summed E-state index contributed by atoms with van der Waals surface area (Å²) < 4.78 is 13.2. The Balaban J connectivity index is 1.86. The molecule has 2 rings (SSSR count). The predicted molar refractivity (Wildman–Crippen MR) is 82.9 cm³/mol. The van der Waals surface area contributed by atoms with Crippen molar-refractivity contribution in [3.63, 3.8) is 0 Å². The summed E-state index contributed by atoms with van der Waals surface area (Å²) in [6.07, 6.45) is 1.32. The first kappa shape index (κ1) is 16.5. The first-order valence-corrected chi connectivity index (χ1v) is 7.80. The van der Waals surface area contributed by atoms with Gasteiger partial charge in [-0.15, -0.1) is 0 Å². The summed E-state index contributed by atoms with van der Waals surface area (Å²) in [6, 6.07) is 5.73. The number of nitrogens with one attached hydrogen (secondary N) is 1. The van der Waals surface area contributed by atoms with E-state index in [0.717, 1.165) is 0 Å². The summed E-state index contributed by atoms with van der Waals surface area (Å²) >= 11 is 0. The van der Waals surface area contributed by atoms with Gasteiger partial charge in [-0.2, -0.15) is 0 Å². The molecule has 120 valence electrons. The van der Waals surface area contributed by atoms with E-state index in [1.807, 2.05) is 0 Å². The number of piperidine rings is 1. The Morgan fingerprint density at radius 3 is 2.59 bits per heavy atom. The van der Waals surface area contributed by atoms with Gasteiger partial charge in [-0.3, -0.25) is 9.59 Å². The van der Waals surface area contributed by atoms with E-state index in [-0.39, 0.29) is 17.7 Å². The van der Waals surface area contributed by atoms with Gasteiger partial charge in [0.25, 0.3) is 5.91 Å². The van der Waals surface area contributed by atoms with Gasteiger partial charge in [0.1, 0.15) is 5.82 Å². The molecule has 0 unspecified atom stereocenters. The lowest BCUT2D eigenvalue weighted by atomic mass is 9.95. The summed E-state index contributed by atoms with van der Waals surface area (Å²) in [4.78, 5) is 26.0. The third-order valence-electron chi connectivity index (χ3n) is 3.91. The fraction of sp³-hybridized carbons (Fsp3) is 0.529. The number of carbonyl (C=O) groups excluding carboxylic acids is 2. The van der Waals surface area contributed by atoms with Gasteiger partial charge in [0.15, 0.2) is 0 Å². The quantitative estimate of drug-likeness (QED) is 0.929. The second kappa shape index (κ2) is 7.38. The van der Waals surface area contributed by atoms with Gasteiger partial charge in [-0.1, -0.05) is 19.9 Å². The number of carbonyl (C=O) groups is 2. The van der Waals surface area contributed by atoms with E-state index in [1.54, 1.807) is 11.0 Å². The highest BCUT2D eigenvalue weighted by Crippen LogP contribution is 2.19. The van der Waals surface area contributed by atoms with Gasteiger partial charge >= 0.3 is 0 Å². The van der Waals surface area contributed by atoms with Gasteiger partial charge in [0, 0.05) is 31.1 Å². The third kappa shape index (κ3) is 4.29. The van der Waals surface area contributed by atoms with Gasteiger partial charge in [-0.25, -0.2) is 4.39 Å². The maximum atomic E-state index is 13.2. The number of rotatable bonds is 4. The molecule has 0 aromatic heterocycles. The number of benzene rings is 1. The van der Waals surface area contributed by atoms with E-state index >= 15 is 0 Å². The van der Waals surface area contributed by atoms with Crippen LogP contribution in [0.2, 0.25) is 0 Å². The van der Waals surface area contributed by atoms with Crippen molar-refractivity contribution >= 4 is 11.8 Å². The second-order valence-corrected chi connectivity index (χ2v) is 6.22. The molecule has 1 fully saturated rings. The average Bonchev–Trinajstić information content (AvgIpc) is 2.52. The molecule has 1 aromatic carbocycles. The van der Waals surface area contributed by atoms with Crippen LogP contribution in [0.15, 0.2) is 24.3 Å². The number of amides is 2. The Hall–Kier alpha value is -1.91. The van der Waals surface area contributed by atoms with Crippen molar-refractivity contribution in [2.75, 3.05) is 19.6 Å². The Morgan fingerprint density at radius 1 is 1.32 bits per heavy atom. The van der Waals surface area contributed by atoms with Crippen molar-refractivity contribution in [1.29, 1.82) is 0 Å². The van der Waals surface area contributed by atoms with Crippen LogP contribution in [-0.4, -0.2) is 36.3 Å². The van der Waals surface area contributed by atoms with Crippen molar-refractivity contribution in [2.24, 2.45) is 11.8 Å². The zero-order valence-corrected chi connectivity index (χ0v) is 13.1. The topological polar surface area (TPSA) is 49.4 Å². The van der Waals surface area contributed by atoms with Gasteiger partial charge in [-0.05, 0) is 37.0 Å². The van der Waals surface area contributed by atoms with Crippen molar-refractivity contribution in [1.82, 2.24) is 10.2 Å². The summed E-state index contributed by atoms with van der Waals surface area (Å²) in [6.45, 7) is 5.87. The zero-order chi connectivity index (χ0) is 16.1. The Kier molecular flexibility index (Phi) is 5.52. The Morgan fingerprint density at radius 2 is 2.00 bits per heavy atom. The largest absolute Gasteiger partial charge is 0.356 e. The molecular formula is C17H23FN2O2. The van der Waals surface area contributed by atoms with Gasteiger partial charge < -0.3 is 10.2 Å². The minimum Gasteiger partial charge on any atom is -0.356 e. The highest BCUT2D eigenvalue weighted by molar-refractivity contribution is 5.94. The smallest absolute Gasteiger partial charge is 0.253 e. The maximum Gasteiger partial charge on any atom is 0.253 e. The van der Waals surface area contributed by atoms with Crippen LogP contribution >= 0.6 is 0 Å². The first-order chi connectivity index (χ1) is 10.5. The minimum absolute atomic E-state index is 0.0321. The fourth-order valence-electron chi connectivity index (χ4n) is 2.60. The molecule has 2 amide bonds. The average molecular weight is 306 g/mol. The Labute approximate surface area is 130 Å². The molecule has 1 aliphatic rings. The van der Waals surface area contributed by atoms with Crippen LogP contribution in [0, 0.1) is 17.7 Å². The Bertz CT molecular complexity index is 537. The van der Waals surface area contributed by atoms with Crippen LogP contribution < -0.4 is 5.32 Å². The molecule has 5 heteroatoms. The molecular weight excluding hydrogens is 283 g/mol. The van der Waals surface area contributed by atoms with Crippen molar-refractivity contribution in [3.05, 3.63) is 35.6 Å². The second-order valence-electron chi connectivity index (χ2n) is 6.22. The molecule has 4 nitrogen and oxygen atoms in total. The van der Waals surface area contributed by atoms with E-state index in [2.05, 4.69) is 19.2 Å². The molecule has 0 bridgehead atoms. The molecule has 1 aliphatic heterocycles. The lowest BCUT2D eigenvalue weighted by molar-refractivity contribution is -0.126. The minimum atomic E-state index is -0.409. The van der Waals surface area contributed by atoms with Crippen molar-refractivity contribution < 1.29 is 14.0 Å². The molecule has 0 spiro atoms. The van der Waals surface area contributed by atoms with E-state index < -0.39 is 5.82 Å². The van der Waals surface area contributed by atoms with E-state index in [4.69, 9.17) is 0 Å². The lowest BCUT2D eigenvalue weighted by Gasteiger charge is -2.31. The van der Waals surface area contributed by atoms with Crippen LogP contribution in [-0.2, 0) is 4.79 Å². The van der Waals surface area contributed by atoms with Crippen LogP contribution in [0.5, 0.6) is 0 Å². The summed E-state index contributed by atoms with van der Waals surface area (Å²) in [5.74, 6) is -0.102. The monoisotopic (exact) mass is 306 g/mol. The number of nitrogens with zero attached hydrogens (tertiary/aromatic N) is 1. The first-order valence-electron chi connectivity index (χ1n) is 7.80. The molecule has 1 aromatic rings. The van der Waals surface area contributed by atoms with E-state index in [9.17, 15) is 14.0 Å². The predicted octanol–water partition coefficient (Wildman–Crippen LogP) is 2.45. The summed E-state index contributed by atoms with van der Waals surface area (Å²) in [5, 5.41) is 2.94. The van der Waals surface area contributed by atoms with Crippen LogP contribution in [0.3, 0.4) is 0 Å². The van der Waals surface area contributed by atoms with Crippen molar-refractivity contribution in [2.45, 2.75) is 26.7 Å². The molecule has 1 heterocycles. The van der Waals surface area contributed by atoms with Crippen LogP contribution in [0.1, 0.15) is 37.0 Å². The summed E-state index contributed by atoms with van der Waals surface area (Å²) in [7, 11) is 0. The molecule has 1 saturated heterocycles. The highest BCUT2D eigenvalue weighted by atomic mass is 19.1. The number of halogens is 1. The number of hydrogen-bond donors (Lipinski definition) is 1. The SMILES string of the molecule is CC(C)CNC(=O)C1CCN(C(=O)c2cccc(F)c2)CC1. The van der Waals surface area contributed by atoms with E-state index in [0.29, 0.717) is 44.0 Å². The van der Waals surface area contributed by atoms with Gasteiger partial charge in [0.2, 0.25) is 5.91 Å². The normalized spacial score (nSPS) is 15.9. The number of hydrogen-bond acceptors (Lipinski definition) is 2. The molecule has 0 saturated carbocycles. The fourth-order valence-corrected chi connectivity index (χ4v) is 2.60. The van der Waals surface area contributed by atoms with E-state index in [1.165, 1.54) is 18.2 Å². The molecule has 0 aliphatic carbocycles. The molecule has 1 N–H and O–H groups in total. The van der Waals surface area contributed by atoms with Crippen molar-refractivity contribution in [3.8, 4) is 0 Å². The molecule has 0 atom stereocenters. The standard InChI is InChI=1S/C17H23FN2O2/c1-12(2)11-19-16(21)13-6-8-20(9-7-13)17(22)14-4-3-5-15(18)10-14/h3-5,10,12-13H,6-9,11H2,1-2H3,(H,19,21). The summed E-state index contributed by atoms with van der Waals surface area (Å²) in [5.41, 5.74) is 0.364. The van der Waals surface area contributed by atoms with Gasteiger partial charge in [0.05, 0.1) is 0 Å².